The Morgan fingerprint density at radius 1 is 1.46 bits per heavy atom. The minimum Gasteiger partial charge on any atom is -0.490 e. The average molecular weight is 180 g/mol. The lowest BCUT2D eigenvalue weighted by Gasteiger charge is -2.21. The molecule has 0 bridgehead atoms. The van der Waals surface area contributed by atoms with Crippen LogP contribution in [0.4, 0.5) is 0 Å². The van der Waals surface area contributed by atoms with Crippen LogP contribution in [0.5, 0.6) is 0 Å². The first kappa shape index (κ1) is 8.79. The van der Waals surface area contributed by atoms with Crippen LogP contribution in [-0.4, -0.2) is 12.4 Å². The standard InChI is InChI=1S/C11H16O2/c1-11(6-2-3-7-11)10(12)9-5-4-8-13-9/h5H,2-4,6-8H2,1H3. The monoisotopic (exact) mass is 180 g/mol. The van der Waals surface area contributed by atoms with Gasteiger partial charge in [-0.25, -0.2) is 0 Å². The minimum absolute atomic E-state index is 0.115. The van der Waals surface area contributed by atoms with Gasteiger partial charge in [-0.2, -0.15) is 0 Å². The third kappa shape index (κ3) is 1.50. The van der Waals surface area contributed by atoms with Crippen LogP contribution < -0.4 is 0 Å². The molecule has 1 aliphatic heterocycles. The quantitative estimate of drug-likeness (QED) is 0.652. The van der Waals surface area contributed by atoms with E-state index in [1.165, 1.54) is 12.8 Å². The second-order valence-corrected chi connectivity index (χ2v) is 4.30. The molecule has 0 aromatic heterocycles. The van der Waals surface area contributed by atoms with Crippen molar-refractivity contribution in [3.63, 3.8) is 0 Å². The van der Waals surface area contributed by atoms with Crippen LogP contribution >= 0.6 is 0 Å². The summed E-state index contributed by atoms with van der Waals surface area (Å²) in [6.07, 6.45) is 7.28. The number of allylic oxidation sites excluding steroid dienone is 1. The van der Waals surface area contributed by atoms with Crippen LogP contribution in [0, 0.1) is 5.41 Å². The number of ketones is 1. The van der Waals surface area contributed by atoms with E-state index in [0.29, 0.717) is 12.4 Å². The first-order valence-electron chi connectivity index (χ1n) is 5.10. The van der Waals surface area contributed by atoms with Crippen LogP contribution in [0.1, 0.15) is 39.0 Å². The summed E-state index contributed by atoms with van der Waals surface area (Å²) < 4.78 is 5.30. The molecular weight excluding hydrogens is 164 g/mol. The summed E-state index contributed by atoms with van der Waals surface area (Å²) in [5.74, 6) is 0.868. The molecule has 0 radical (unpaired) electrons. The highest BCUT2D eigenvalue weighted by atomic mass is 16.5. The Balaban J connectivity index is 2.11. The van der Waals surface area contributed by atoms with Gasteiger partial charge in [0.25, 0.3) is 0 Å². The lowest BCUT2D eigenvalue weighted by molar-refractivity contribution is -0.126. The van der Waals surface area contributed by atoms with Crippen LogP contribution in [0.2, 0.25) is 0 Å². The zero-order valence-electron chi connectivity index (χ0n) is 8.14. The minimum atomic E-state index is -0.115. The van der Waals surface area contributed by atoms with Crippen molar-refractivity contribution >= 4 is 5.78 Å². The Morgan fingerprint density at radius 2 is 2.15 bits per heavy atom. The third-order valence-corrected chi connectivity index (χ3v) is 3.18. The highest BCUT2D eigenvalue weighted by Crippen LogP contribution is 2.40. The molecule has 1 fully saturated rings. The molecule has 0 unspecified atom stereocenters. The zero-order chi connectivity index (χ0) is 9.31. The van der Waals surface area contributed by atoms with Crippen LogP contribution in [0.3, 0.4) is 0 Å². The normalized spacial score (nSPS) is 25.5. The maximum absolute atomic E-state index is 12.0. The van der Waals surface area contributed by atoms with E-state index >= 15 is 0 Å². The molecule has 1 saturated carbocycles. The van der Waals surface area contributed by atoms with Crippen LogP contribution in [0.15, 0.2) is 11.8 Å². The number of rotatable bonds is 2. The molecule has 0 saturated heterocycles. The smallest absolute Gasteiger partial charge is 0.202 e. The first-order chi connectivity index (χ1) is 6.22. The van der Waals surface area contributed by atoms with Crippen molar-refractivity contribution in [2.75, 3.05) is 6.61 Å². The van der Waals surface area contributed by atoms with Crippen molar-refractivity contribution in [2.45, 2.75) is 39.0 Å². The van der Waals surface area contributed by atoms with Gasteiger partial charge in [0.05, 0.1) is 6.61 Å². The molecule has 1 heterocycles. The molecule has 2 rings (SSSR count). The second-order valence-electron chi connectivity index (χ2n) is 4.30. The number of hydrogen-bond donors (Lipinski definition) is 0. The SMILES string of the molecule is CC1(C(=O)C2=CCCO2)CCCC1. The van der Waals surface area contributed by atoms with Gasteiger partial charge in [-0.3, -0.25) is 4.79 Å². The molecule has 0 amide bonds. The molecule has 2 heteroatoms. The van der Waals surface area contributed by atoms with Gasteiger partial charge >= 0.3 is 0 Å². The number of carbonyl (C=O) groups excluding carboxylic acids is 1. The molecule has 0 N–H and O–H groups in total. The Hall–Kier alpha value is -0.790. The summed E-state index contributed by atoms with van der Waals surface area (Å²) in [4.78, 5) is 12.0. The van der Waals surface area contributed by atoms with Gasteiger partial charge in [0.2, 0.25) is 5.78 Å². The average Bonchev–Trinajstić information content (AvgIpc) is 2.73. The van der Waals surface area contributed by atoms with Crippen LogP contribution in [0.25, 0.3) is 0 Å². The van der Waals surface area contributed by atoms with Gasteiger partial charge < -0.3 is 4.74 Å². The highest BCUT2D eigenvalue weighted by molar-refractivity contribution is 5.98. The largest absolute Gasteiger partial charge is 0.490 e. The van der Waals surface area contributed by atoms with Gasteiger partial charge in [-0.1, -0.05) is 19.8 Å². The summed E-state index contributed by atoms with van der Waals surface area (Å²) in [5, 5.41) is 0. The molecule has 0 atom stereocenters. The van der Waals surface area contributed by atoms with Gasteiger partial charge in [-0.05, 0) is 18.9 Å². The fraction of sp³-hybridized carbons (Fsp3) is 0.727. The Labute approximate surface area is 79.0 Å². The Kier molecular flexibility index (Phi) is 2.14. The van der Waals surface area contributed by atoms with E-state index in [1.54, 1.807) is 0 Å². The summed E-state index contributed by atoms with van der Waals surface area (Å²) in [6.45, 7) is 2.77. The molecule has 0 aromatic carbocycles. The van der Waals surface area contributed by atoms with E-state index < -0.39 is 0 Å². The van der Waals surface area contributed by atoms with E-state index in [0.717, 1.165) is 19.3 Å². The van der Waals surface area contributed by atoms with Crippen LogP contribution in [-0.2, 0) is 9.53 Å². The van der Waals surface area contributed by atoms with Gasteiger partial charge in [-0.15, -0.1) is 0 Å². The van der Waals surface area contributed by atoms with E-state index in [-0.39, 0.29) is 11.2 Å². The lowest BCUT2D eigenvalue weighted by atomic mass is 9.83. The van der Waals surface area contributed by atoms with Crippen molar-refractivity contribution in [1.29, 1.82) is 0 Å². The fourth-order valence-corrected chi connectivity index (χ4v) is 2.26. The van der Waals surface area contributed by atoms with Crippen molar-refractivity contribution in [3.05, 3.63) is 11.8 Å². The maximum atomic E-state index is 12.0. The predicted octanol–water partition coefficient (Wildman–Crippen LogP) is 2.44. The molecule has 13 heavy (non-hydrogen) atoms. The van der Waals surface area contributed by atoms with Crippen molar-refractivity contribution < 1.29 is 9.53 Å². The predicted molar refractivity (Wildman–Crippen MR) is 50.2 cm³/mol. The number of hydrogen-bond acceptors (Lipinski definition) is 2. The molecule has 72 valence electrons. The zero-order valence-corrected chi connectivity index (χ0v) is 8.14. The topological polar surface area (TPSA) is 26.3 Å². The molecule has 0 spiro atoms. The van der Waals surface area contributed by atoms with Gasteiger partial charge in [0.1, 0.15) is 0 Å². The van der Waals surface area contributed by atoms with Gasteiger partial charge in [0, 0.05) is 11.8 Å². The summed E-state index contributed by atoms with van der Waals surface area (Å²) in [7, 11) is 0. The van der Waals surface area contributed by atoms with E-state index in [4.69, 9.17) is 4.74 Å². The first-order valence-corrected chi connectivity index (χ1v) is 5.10. The highest BCUT2D eigenvalue weighted by Gasteiger charge is 2.39. The summed E-state index contributed by atoms with van der Waals surface area (Å²) in [6, 6.07) is 0. The van der Waals surface area contributed by atoms with Crippen molar-refractivity contribution in [2.24, 2.45) is 5.41 Å². The third-order valence-electron chi connectivity index (χ3n) is 3.18. The second kappa shape index (κ2) is 3.17. The number of ether oxygens (including phenoxy) is 1. The Bertz CT molecular complexity index is 247. The fourth-order valence-electron chi connectivity index (χ4n) is 2.26. The van der Waals surface area contributed by atoms with Gasteiger partial charge in [0.15, 0.2) is 5.76 Å². The van der Waals surface area contributed by atoms with Crippen molar-refractivity contribution in [1.82, 2.24) is 0 Å². The van der Waals surface area contributed by atoms with Crippen molar-refractivity contribution in [3.8, 4) is 0 Å². The number of carbonyl (C=O) groups is 1. The molecular formula is C11H16O2. The van der Waals surface area contributed by atoms with E-state index in [9.17, 15) is 4.79 Å². The molecule has 1 aliphatic carbocycles. The summed E-state index contributed by atoms with van der Waals surface area (Å²) >= 11 is 0. The molecule has 0 aromatic rings. The maximum Gasteiger partial charge on any atom is 0.202 e. The lowest BCUT2D eigenvalue weighted by Crippen LogP contribution is -2.26. The molecule has 2 nitrogen and oxygen atoms in total. The van der Waals surface area contributed by atoms with E-state index in [1.807, 2.05) is 6.08 Å². The number of Topliss-reactive ketones (excluding diaryl/α,β-unsaturated/α-hetero) is 1. The summed E-state index contributed by atoms with van der Waals surface area (Å²) in [5.41, 5.74) is -0.115. The van der Waals surface area contributed by atoms with E-state index in [2.05, 4.69) is 6.92 Å². The Morgan fingerprint density at radius 3 is 2.69 bits per heavy atom. The molecule has 2 aliphatic rings.